The van der Waals surface area contributed by atoms with E-state index in [1.165, 1.54) is 0 Å². The second-order valence-corrected chi connectivity index (χ2v) is 2.64. The van der Waals surface area contributed by atoms with Crippen LogP contribution in [-0.2, 0) is 9.47 Å². The molecule has 1 aliphatic heterocycles. The van der Waals surface area contributed by atoms with Gasteiger partial charge in [-0.3, -0.25) is 0 Å². The average molecular weight is 142 g/mol. The molecule has 0 amide bonds. The summed E-state index contributed by atoms with van der Waals surface area (Å²) < 4.78 is 10.5. The average Bonchev–Trinajstić information content (AvgIpc) is 2.62. The molecule has 0 saturated carbocycles. The van der Waals surface area contributed by atoms with E-state index in [1.807, 2.05) is 6.92 Å². The van der Waals surface area contributed by atoms with Gasteiger partial charge in [-0.25, -0.2) is 0 Å². The number of ether oxygens (including phenoxy) is 2. The quantitative estimate of drug-likeness (QED) is 0.440. The van der Waals surface area contributed by atoms with Gasteiger partial charge >= 0.3 is 0 Å². The van der Waals surface area contributed by atoms with Crippen molar-refractivity contribution in [2.75, 3.05) is 6.61 Å². The van der Waals surface area contributed by atoms with Crippen LogP contribution in [-0.4, -0.2) is 19.0 Å². The van der Waals surface area contributed by atoms with Crippen LogP contribution in [0.3, 0.4) is 0 Å². The van der Waals surface area contributed by atoms with Crippen molar-refractivity contribution < 1.29 is 9.47 Å². The van der Waals surface area contributed by atoms with E-state index in [9.17, 15) is 0 Å². The van der Waals surface area contributed by atoms with E-state index < -0.39 is 0 Å². The number of hydrogen-bond donors (Lipinski definition) is 0. The Labute approximate surface area is 61.8 Å². The first kappa shape index (κ1) is 7.76. The van der Waals surface area contributed by atoms with Gasteiger partial charge in [-0.05, 0) is 18.9 Å². The largest absolute Gasteiger partial charge is 0.350 e. The third-order valence-corrected chi connectivity index (χ3v) is 1.42. The summed E-state index contributed by atoms with van der Waals surface area (Å²) in [6.45, 7) is 8.60. The molecule has 1 heterocycles. The lowest BCUT2D eigenvalue weighted by molar-refractivity contribution is 0.0507. The van der Waals surface area contributed by atoms with Gasteiger partial charge in [0, 0.05) is 6.61 Å². The summed E-state index contributed by atoms with van der Waals surface area (Å²) >= 11 is 0. The maximum atomic E-state index is 5.29. The molecule has 0 spiro atoms. The highest BCUT2D eigenvalue weighted by atomic mass is 16.8. The van der Waals surface area contributed by atoms with Gasteiger partial charge in [-0.1, -0.05) is 13.5 Å². The molecule has 2 atom stereocenters. The minimum absolute atomic E-state index is 0.0115. The number of epoxide rings is 1. The zero-order valence-corrected chi connectivity index (χ0v) is 6.59. The highest BCUT2D eigenvalue weighted by molar-refractivity contribution is 5.06. The second-order valence-electron chi connectivity index (χ2n) is 2.64. The van der Waals surface area contributed by atoms with Crippen molar-refractivity contribution in [1.82, 2.24) is 0 Å². The summed E-state index contributed by atoms with van der Waals surface area (Å²) in [5.74, 6) is 0. The Kier molecular flexibility index (Phi) is 2.46. The van der Waals surface area contributed by atoms with Crippen molar-refractivity contribution in [3.05, 3.63) is 12.2 Å². The van der Waals surface area contributed by atoms with Crippen LogP contribution >= 0.6 is 0 Å². The highest BCUT2D eigenvalue weighted by Crippen LogP contribution is 2.28. The van der Waals surface area contributed by atoms with Crippen molar-refractivity contribution >= 4 is 0 Å². The van der Waals surface area contributed by atoms with Crippen LogP contribution in [0.25, 0.3) is 0 Å². The van der Waals surface area contributed by atoms with Gasteiger partial charge in [0.15, 0.2) is 6.29 Å². The number of rotatable bonds is 4. The maximum Gasteiger partial charge on any atom is 0.188 e. The summed E-state index contributed by atoms with van der Waals surface area (Å²) in [5.41, 5.74) is 1.06. The molecule has 10 heavy (non-hydrogen) atoms. The van der Waals surface area contributed by atoms with Crippen LogP contribution in [0.5, 0.6) is 0 Å². The van der Waals surface area contributed by atoms with E-state index in [2.05, 4.69) is 13.5 Å². The van der Waals surface area contributed by atoms with E-state index in [-0.39, 0.29) is 12.4 Å². The molecular weight excluding hydrogens is 128 g/mol. The molecule has 2 heteroatoms. The molecule has 0 radical (unpaired) electrons. The summed E-state index contributed by atoms with van der Waals surface area (Å²) in [6.07, 6.45) is 1.23. The van der Waals surface area contributed by atoms with Gasteiger partial charge < -0.3 is 9.47 Å². The minimum atomic E-state index is 0.0115. The van der Waals surface area contributed by atoms with Gasteiger partial charge in [0.05, 0.1) is 0 Å². The van der Waals surface area contributed by atoms with Gasteiger partial charge in [0.2, 0.25) is 0 Å². The summed E-state index contributed by atoms with van der Waals surface area (Å²) in [4.78, 5) is 0. The zero-order valence-electron chi connectivity index (χ0n) is 6.59. The monoisotopic (exact) mass is 142 g/mol. The predicted molar refractivity (Wildman–Crippen MR) is 39.7 cm³/mol. The molecule has 2 unspecified atom stereocenters. The molecule has 2 nitrogen and oxygen atoms in total. The van der Waals surface area contributed by atoms with E-state index >= 15 is 0 Å². The molecule has 0 aromatic rings. The zero-order chi connectivity index (χ0) is 7.56. The normalized spacial score (nSPS) is 30.2. The lowest BCUT2D eigenvalue weighted by Crippen LogP contribution is -2.01. The molecular formula is C8H14O2. The Morgan fingerprint density at radius 2 is 2.40 bits per heavy atom. The Bertz CT molecular complexity index is 131. The molecule has 58 valence electrons. The molecule has 1 rings (SSSR count). The highest BCUT2D eigenvalue weighted by Gasteiger charge is 2.40. The molecule has 1 saturated heterocycles. The molecule has 1 fully saturated rings. The fraction of sp³-hybridized carbons (Fsp3) is 0.750. The van der Waals surface area contributed by atoms with E-state index in [0.717, 1.165) is 18.6 Å². The van der Waals surface area contributed by atoms with Crippen LogP contribution in [0.4, 0.5) is 0 Å². The van der Waals surface area contributed by atoms with Crippen LogP contribution < -0.4 is 0 Å². The third-order valence-electron chi connectivity index (χ3n) is 1.42. The Balaban J connectivity index is 2.08. The van der Waals surface area contributed by atoms with Crippen molar-refractivity contribution in [3.63, 3.8) is 0 Å². The first-order valence-corrected chi connectivity index (χ1v) is 3.68. The van der Waals surface area contributed by atoms with Crippen LogP contribution in [0.1, 0.15) is 20.3 Å². The molecule has 0 bridgehead atoms. The van der Waals surface area contributed by atoms with Crippen molar-refractivity contribution in [2.24, 2.45) is 0 Å². The Hall–Kier alpha value is -0.340. The topological polar surface area (TPSA) is 21.8 Å². The van der Waals surface area contributed by atoms with Gasteiger partial charge in [-0.2, -0.15) is 0 Å². The van der Waals surface area contributed by atoms with Crippen LogP contribution in [0.15, 0.2) is 12.2 Å². The standard InChI is InChI=1S/C8H14O2/c1-4-5-9-8-7(10-8)6(2)3/h7-8H,2,4-5H2,1,3H3. The van der Waals surface area contributed by atoms with E-state index in [0.29, 0.717) is 0 Å². The number of hydrogen-bond acceptors (Lipinski definition) is 2. The van der Waals surface area contributed by atoms with Crippen molar-refractivity contribution in [3.8, 4) is 0 Å². The minimum Gasteiger partial charge on any atom is -0.350 e. The van der Waals surface area contributed by atoms with Crippen LogP contribution in [0, 0.1) is 0 Å². The maximum absolute atomic E-state index is 5.29. The summed E-state index contributed by atoms with van der Waals surface area (Å²) in [6, 6.07) is 0. The van der Waals surface area contributed by atoms with Gasteiger partial charge in [0.1, 0.15) is 6.10 Å². The molecule has 0 aromatic carbocycles. The van der Waals surface area contributed by atoms with Crippen molar-refractivity contribution in [2.45, 2.75) is 32.7 Å². The Morgan fingerprint density at radius 1 is 1.70 bits per heavy atom. The summed E-state index contributed by atoms with van der Waals surface area (Å²) in [7, 11) is 0. The SMILES string of the molecule is C=C(C)C1OC1OCCC. The summed E-state index contributed by atoms with van der Waals surface area (Å²) in [5, 5.41) is 0. The van der Waals surface area contributed by atoms with Crippen molar-refractivity contribution in [1.29, 1.82) is 0 Å². The van der Waals surface area contributed by atoms with E-state index in [1.54, 1.807) is 0 Å². The van der Waals surface area contributed by atoms with Gasteiger partial charge in [-0.15, -0.1) is 0 Å². The lowest BCUT2D eigenvalue weighted by Gasteiger charge is -1.94. The fourth-order valence-electron chi connectivity index (χ4n) is 0.808. The lowest BCUT2D eigenvalue weighted by atomic mass is 10.2. The molecule has 0 N–H and O–H groups in total. The third kappa shape index (κ3) is 1.82. The molecule has 0 aromatic heterocycles. The first-order chi connectivity index (χ1) is 4.75. The Morgan fingerprint density at radius 3 is 2.80 bits per heavy atom. The second kappa shape index (κ2) is 3.17. The smallest absolute Gasteiger partial charge is 0.188 e. The fourth-order valence-corrected chi connectivity index (χ4v) is 0.808. The van der Waals surface area contributed by atoms with E-state index in [4.69, 9.17) is 9.47 Å². The predicted octanol–water partition coefficient (Wildman–Crippen LogP) is 1.71. The molecule has 1 aliphatic rings. The van der Waals surface area contributed by atoms with Crippen LogP contribution in [0.2, 0.25) is 0 Å². The first-order valence-electron chi connectivity index (χ1n) is 3.68. The van der Waals surface area contributed by atoms with Gasteiger partial charge in [0.25, 0.3) is 0 Å². The molecule has 0 aliphatic carbocycles.